The van der Waals surface area contributed by atoms with Gasteiger partial charge in [0.15, 0.2) is 0 Å². The molecule has 2 nitrogen and oxygen atoms in total. The molecule has 0 aliphatic heterocycles. The fraction of sp³-hybridized carbons (Fsp3) is 0.900. The summed E-state index contributed by atoms with van der Waals surface area (Å²) in [5.41, 5.74) is 0.0898. The highest BCUT2D eigenvalue weighted by atomic mass is 16.4. The second-order valence-electron chi connectivity index (χ2n) is 4.51. The molecule has 0 rings (SSSR count). The van der Waals surface area contributed by atoms with Gasteiger partial charge in [0.1, 0.15) is 0 Å². The van der Waals surface area contributed by atoms with E-state index in [1.165, 1.54) is 0 Å². The van der Waals surface area contributed by atoms with Gasteiger partial charge in [0, 0.05) is 0 Å². The maximum absolute atomic E-state index is 10.7. The third kappa shape index (κ3) is 2.84. The molecule has 72 valence electrons. The minimum Gasteiger partial charge on any atom is -0.481 e. The molecule has 0 fully saturated rings. The molecular weight excluding hydrogens is 152 g/mol. The van der Waals surface area contributed by atoms with E-state index in [1.807, 2.05) is 0 Å². The number of carboxylic acid groups (broad SMARTS) is 1. The third-order valence-corrected chi connectivity index (χ3v) is 2.55. The largest absolute Gasteiger partial charge is 0.481 e. The van der Waals surface area contributed by atoms with Crippen molar-refractivity contribution in [3.05, 3.63) is 0 Å². The van der Waals surface area contributed by atoms with Crippen LogP contribution in [0.1, 0.15) is 41.0 Å². The minimum absolute atomic E-state index is 0.0898. The van der Waals surface area contributed by atoms with E-state index >= 15 is 0 Å². The average molecular weight is 172 g/mol. The van der Waals surface area contributed by atoms with Gasteiger partial charge in [-0.2, -0.15) is 0 Å². The van der Waals surface area contributed by atoms with Crippen LogP contribution < -0.4 is 0 Å². The van der Waals surface area contributed by atoms with Gasteiger partial charge in [0.05, 0.1) is 5.92 Å². The van der Waals surface area contributed by atoms with Crippen LogP contribution in [0, 0.1) is 17.3 Å². The van der Waals surface area contributed by atoms with Gasteiger partial charge in [0.2, 0.25) is 0 Å². The number of hydrogen-bond acceptors (Lipinski definition) is 1. The quantitative estimate of drug-likeness (QED) is 0.710. The molecule has 12 heavy (non-hydrogen) atoms. The Morgan fingerprint density at radius 1 is 1.42 bits per heavy atom. The van der Waals surface area contributed by atoms with E-state index in [9.17, 15) is 4.79 Å². The fourth-order valence-electron chi connectivity index (χ4n) is 1.89. The average Bonchev–Trinajstić information content (AvgIpc) is 1.85. The van der Waals surface area contributed by atoms with E-state index in [4.69, 9.17) is 5.11 Å². The summed E-state index contributed by atoms with van der Waals surface area (Å²) in [5.74, 6) is -0.665. The molecule has 2 atom stereocenters. The van der Waals surface area contributed by atoms with Gasteiger partial charge in [-0.1, -0.05) is 41.0 Å². The smallest absolute Gasteiger partial charge is 0.306 e. The van der Waals surface area contributed by atoms with Crippen LogP contribution in [0.5, 0.6) is 0 Å². The zero-order valence-electron chi connectivity index (χ0n) is 8.72. The van der Waals surface area contributed by atoms with Crippen molar-refractivity contribution in [1.82, 2.24) is 0 Å². The van der Waals surface area contributed by atoms with Gasteiger partial charge in [-0.25, -0.2) is 0 Å². The molecule has 1 N–H and O–H groups in total. The molecule has 0 aromatic rings. The Labute approximate surface area is 75.0 Å². The molecule has 0 saturated heterocycles. The first-order valence-electron chi connectivity index (χ1n) is 4.53. The molecule has 2 unspecified atom stereocenters. The van der Waals surface area contributed by atoms with Gasteiger partial charge in [0.25, 0.3) is 0 Å². The maximum atomic E-state index is 10.7. The van der Waals surface area contributed by atoms with Crippen LogP contribution in [0.3, 0.4) is 0 Å². The lowest BCUT2D eigenvalue weighted by Crippen LogP contribution is -2.30. The van der Waals surface area contributed by atoms with Gasteiger partial charge in [-0.05, 0) is 11.3 Å². The molecular formula is C10H20O2. The van der Waals surface area contributed by atoms with Gasteiger partial charge < -0.3 is 5.11 Å². The zero-order chi connectivity index (χ0) is 9.94. The lowest BCUT2D eigenvalue weighted by molar-refractivity contribution is -0.144. The van der Waals surface area contributed by atoms with Crippen molar-refractivity contribution in [2.45, 2.75) is 41.0 Å². The number of rotatable bonds is 3. The lowest BCUT2D eigenvalue weighted by atomic mass is 9.72. The standard InChI is InChI=1S/C10H20O2/c1-6-8(10(3,4)5)7(2)9(11)12/h7-8H,6H2,1-5H3,(H,11,12). The van der Waals surface area contributed by atoms with Gasteiger partial charge in [-0.3, -0.25) is 4.79 Å². The Morgan fingerprint density at radius 2 is 1.83 bits per heavy atom. The van der Waals surface area contributed by atoms with Crippen molar-refractivity contribution in [3.63, 3.8) is 0 Å². The summed E-state index contributed by atoms with van der Waals surface area (Å²) in [6.07, 6.45) is 0.928. The molecule has 0 amide bonds. The maximum Gasteiger partial charge on any atom is 0.306 e. The first-order chi connectivity index (χ1) is 5.30. The van der Waals surface area contributed by atoms with Crippen molar-refractivity contribution in [1.29, 1.82) is 0 Å². The van der Waals surface area contributed by atoms with Crippen molar-refractivity contribution in [3.8, 4) is 0 Å². The van der Waals surface area contributed by atoms with Crippen LogP contribution in [-0.2, 0) is 4.79 Å². The Bertz CT molecular complexity index is 156. The molecule has 0 spiro atoms. The van der Waals surface area contributed by atoms with Crippen LogP contribution in [0.4, 0.5) is 0 Å². The monoisotopic (exact) mass is 172 g/mol. The van der Waals surface area contributed by atoms with E-state index in [-0.39, 0.29) is 17.3 Å². The third-order valence-electron chi connectivity index (χ3n) is 2.55. The van der Waals surface area contributed by atoms with Crippen molar-refractivity contribution in [2.75, 3.05) is 0 Å². The molecule has 0 aliphatic carbocycles. The van der Waals surface area contributed by atoms with Crippen molar-refractivity contribution >= 4 is 5.97 Å². The summed E-state index contributed by atoms with van der Waals surface area (Å²) in [5, 5.41) is 8.85. The van der Waals surface area contributed by atoms with E-state index < -0.39 is 5.97 Å². The molecule has 0 radical (unpaired) electrons. The van der Waals surface area contributed by atoms with E-state index in [0.29, 0.717) is 0 Å². The van der Waals surface area contributed by atoms with Crippen LogP contribution in [-0.4, -0.2) is 11.1 Å². The second-order valence-corrected chi connectivity index (χ2v) is 4.51. The molecule has 2 heteroatoms. The molecule has 0 aliphatic rings. The summed E-state index contributed by atoms with van der Waals surface area (Å²) in [6.45, 7) is 10.1. The van der Waals surface area contributed by atoms with Gasteiger partial charge >= 0.3 is 5.97 Å². The summed E-state index contributed by atoms with van der Waals surface area (Å²) < 4.78 is 0. The number of carbonyl (C=O) groups is 1. The molecule has 0 heterocycles. The van der Waals surface area contributed by atoms with Crippen molar-refractivity contribution < 1.29 is 9.90 Å². The highest BCUT2D eigenvalue weighted by Crippen LogP contribution is 2.34. The van der Waals surface area contributed by atoms with Gasteiger partial charge in [-0.15, -0.1) is 0 Å². The van der Waals surface area contributed by atoms with Crippen LogP contribution >= 0.6 is 0 Å². The molecule has 0 bridgehead atoms. The molecule has 0 aromatic carbocycles. The van der Waals surface area contributed by atoms with Crippen LogP contribution in [0.25, 0.3) is 0 Å². The predicted molar refractivity (Wildman–Crippen MR) is 50.0 cm³/mol. The first-order valence-corrected chi connectivity index (χ1v) is 4.53. The molecule has 0 saturated carbocycles. The Morgan fingerprint density at radius 3 is 1.92 bits per heavy atom. The minimum atomic E-state index is -0.684. The van der Waals surface area contributed by atoms with Crippen molar-refractivity contribution in [2.24, 2.45) is 17.3 Å². The summed E-state index contributed by atoms with van der Waals surface area (Å²) in [4.78, 5) is 10.7. The van der Waals surface area contributed by atoms with E-state index in [0.717, 1.165) is 6.42 Å². The number of carboxylic acids is 1. The van der Waals surface area contributed by atoms with E-state index in [2.05, 4.69) is 27.7 Å². The molecule has 0 aromatic heterocycles. The Kier molecular flexibility index (Phi) is 3.75. The van der Waals surface area contributed by atoms with E-state index in [1.54, 1.807) is 6.92 Å². The topological polar surface area (TPSA) is 37.3 Å². The first kappa shape index (κ1) is 11.5. The summed E-state index contributed by atoms with van der Waals surface area (Å²) in [7, 11) is 0. The number of hydrogen-bond donors (Lipinski definition) is 1. The normalized spacial score (nSPS) is 17.1. The number of aliphatic carboxylic acids is 1. The summed E-state index contributed by atoms with van der Waals surface area (Å²) in [6, 6.07) is 0. The predicted octanol–water partition coefficient (Wildman–Crippen LogP) is 2.78. The lowest BCUT2D eigenvalue weighted by Gasteiger charge is -2.32. The Hall–Kier alpha value is -0.530. The highest BCUT2D eigenvalue weighted by Gasteiger charge is 2.31. The zero-order valence-corrected chi connectivity index (χ0v) is 8.72. The van der Waals surface area contributed by atoms with Crippen LogP contribution in [0.15, 0.2) is 0 Å². The highest BCUT2D eigenvalue weighted by molar-refractivity contribution is 5.69. The SMILES string of the molecule is CCC(C(C)C(=O)O)C(C)(C)C. The second kappa shape index (κ2) is 3.92. The Balaban J connectivity index is 4.45. The fourth-order valence-corrected chi connectivity index (χ4v) is 1.89. The summed E-state index contributed by atoms with van der Waals surface area (Å²) >= 11 is 0. The van der Waals surface area contributed by atoms with Crippen LogP contribution in [0.2, 0.25) is 0 Å².